The maximum absolute atomic E-state index is 5.46. The highest BCUT2D eigenvalue weighted by Gasteiger charge is 2.31. The van der Waals surface area contributed by atoms with Gasteiger partial charge in [0.05, 0.1) is 6.10 Å². The molecule has 0 radical (unpaired) electrons. The third-order valence-electron chi connectivity index (χ3n) is 4.35. The molecule has 0 bridgehead atoms. The molecule has 0 amide bonds. The van der Waals surface area contributed by atoms with Gasteiger partial charge in [-0.2, -0.15) is 0 Å². The summed E-state index contributed by atoms with van der Waals surface area (Å²) in [6, 6.07) is 2.94. The second kappa shape index (κ2) is 5.09. The molecule has 1 unspecified atom stereocenters. The van der Waals surface area contributed by atoms with Crippen LogP contribution < -0.4 is 5.32 Å². The summed E-state index contributed by atoms with van der Waals surface area (Å²) in [5.41, 5.74) is 1.59. The number of hydrogen-bond acceptors (Lipinski definition) is 3. The molecular weight excluding hydrogens is 230 g/mol. The van der Waals surface area contributed by atoms with Crippen molar-refractivity contribution >= 4 is 11.3 Å². The zero-order valence-corrected chi connectivity index (χ0v) is 11.3. The van der Waals surface area contributed by atoms with Gasteiger partial charge in [-0.3, -0.25) is 0 Å². The van der Waals surface area contributed by atoms with Crippen LogP contribution in [0, 0.1) is 5.92 Å². The molecule has 3 rings (SSSR count). The first-order chi connectivity index (χ1) is 8.38. The molecule has 94 valence electrons. The van der Waals surface area contributed by atoms with E-state index in [1.807, 2.05) is 18.4 Å². The predicted molar refractivity (Wildman–Crippen MR) is 71.5 cm³/mol. The number of thiophene rings is 1. The first-order valence-electron chi connectivity index (χ1n) is 6.71. The quantitative estimate of drug-likeness (QED) is 0.872. The van der Waals surface area contributed by atoms with Gasteiger partial charge < -0.3 is 10.1 Å². The van der Waals surface area contributed by atoms with Gasteiger partial charge in [0.25, 0.3) is 0 Å². The van der Waals surface area contributed by atoms with E-state index in [9.17, 15) is 0 Å². The lowest BCUT2D eigenvalue weighted by Crippen LogP contribution is -2.36. The molecule has 0 spiro atoms. The van der Waals surface area contributed by atoms with E-state index in [2.05, 4.69) is 16.8 Å². The van der Waals surface area contributed by atoms with Crippen molar-refractivity contribution in [2.24, 2.45) is 5.92 Å². The molecule has 1 atom stereocenters. The van der Waals surface area contributed by atoms with Crippen LogP contribution in [0.25, 0.3) is 0 Å². The summed E-state index contributed by atoms with van der Waals surface area (Å²) >= 11 is 1.94. The second-order valence-corrected chi connectivity index (χ2v) is 6.21. The summed E-state index contributed by atoms with van der Waals surface area (Å²) < 4.78 is 5.46. The molecule has 0 saturated heterocycles. The number of rotatable bonds is 2. The number of hydrogen-bond donors (Lipinski definition) is 1. The second-order valence-electron chi connectivity index (χ2n) is 5.26. The Hall–Kier alpha value is -0.380. The molecule has 17 heavy (non-hydrogen) atoms. The molecule has 2 heterocycles. The standard InChI is InChI=1S/C14H21NOS/c1-16-12-4-2-10(3-5-12)13-14-11(6-8-15-13)7-9-17-14/h7,9-10,12-13,15H,2-6,8H2,1H3. The molecule has 1 aliphatic heterocycles. The van der Waals surface area contributed by atoms with Crippen molar-refractivity contribution in [2.75, 3.05) is 13.7 Å². The zero-order chi connectivity index (χ0) is 11.7. The van der Waals surface area contributed by atoms with Crippen molar-refractivity contribution < 1.29 is 4.74 Å². The summed E-state index contributed by atoms with van der Waals surface area (Å²) in [5.74, 6) is 0.819. The Morgan fingerprint density at radius 3 is 2.88 bits per heavy atom. The van der Waals surface area contributed by atoms with E-state index in [-0.39, 0.29) is 0 Å². The van der Waals surface area contributed by atoms with Gasteiger partial charge in [-0.05, 0) is 61.6 Å². The molecule has 2 aliphatic rings. The minimum Gasteiger partial charge on any atom is -0.381 e. The van der Waals surface area contributed by atoms with Gasteiger partial charge in [-0.1, -0.05) is 0 Å². The molecule has 1 aromatic heterocycles. The van der Waals surface area contributed by atoms with E-state index in [1.54, 1.807) is 10.4 Å². The lowest BCUT2D eigenvalue weighted by molar-refractivity contribution is 0.0500. The van der Waals surface area contributed by atoms with Crippen LogP contribution in [0.15, 0.2) is 11.4 Å². The fourth-order valence-electron chi connectivity index (χ4n) is 3.32. The first kappa shape index (κ1) is 11.7. The molecular formula is C14H21NOS. The van der Waals surface area contributed by atoms with E-state index in [0.717, 1.165) is 12.5 Å². The monoisotopic (exact) mass is 251 g/mol. The van der Waals surface area contributed by atoms with E-state index in [0.29, 0.717) is 12.1 Å². The number of ether oxygens (including phenoxy) is 1. The van der Waals surface area contributed by atoms with Gasteiger partial charge in [0, 0.05) is 18.0 Å². The van der Waals surface area contributed by atoms with Crippen molar-refractivity contribution in [3.63, 3.8) is 0 Å². The Balaban J connectivity index is 1.70. The third-order valence-corrected chi connectivity index (χ3v) is 5.39. The Labute approximate surface area is 107 Å². The predicted octanol–water partition coefficient (Wildman–Crippen LogP) is 3.14. The average Bonchev–Trinajstić information content (AvgIpc) is 2.87. The van der Waals surface area contributed by atoms with E-state index < -0.39 is 0 Å². The van der Waals surface area contributed by atoms with Crippen LogP contribution in [0.1, 0.15) is 42.2 Å². The topological polar surface area (TPSA) is 21.3 Å². The van der Waals surface area contributed by atoms with Crippen molar-refractivity contribution in [1.29, 1.82) is 0 Å². The van der Waals surface area contributed by atoms with Crippen LogP contribution in [0.5, 0.6) is 0 Å². The zero-order valence-electron chi connectivity index (χ0n) is 10.4. The molecule has 1 N–H and O–H groups in total. The van der Waals surface area contributed by atoms with Crippen LogP contribution in [-0.2, 0) is 11.2 Å². The van der Waals surface area contributed by atoms with Gasteiger partial charge in [-0.15, -0.1) is 11.3 Å². The fraction of sp³-hybridized carbons (Fsp3) is 0.714. The van der Waals surface area contributed by atoms with Crippen LogP contribution in [0.3, 0.4) is 0 Å². The first-order valence-corrected chi connectivity index (χ1v) is 7.59. The minimum absolute atomic E-state index is 0.512. The molecule has 1 fully saturated rings. The Kier molecular flexibility index (Phi) is 3.50. The SMILES string of the molecule is COC1CCC(C2NCCc3ccsc32)CC1. The highest BCUT2D eigenvalue weighted by Crippen LogP contribution is 2.40. The molecule has 2 nitrogen and oxygen atoms in total. The molecule has 0 aromatic carbocycles. The number of nitrogens with one attached hydrogen (secondary N) is 1. The largest absolute Gasteiger partial charge is 0.381 e. The Morgan fingerprint density at radius 1 is 1.29 bits per heavy atom. The van der Waals surface area contributed by atoms with Crippen LogP contribution in [0.2, 0.25) is 0 Å². The molecule has 1 aliphatic carbocycles. The molecule has 1 saturated carbocycles. The average molecular weight is 251 g/mol. The highest BCUT2D eigenvalue weighted by molar-refractivity contribution is 7.10. The van der Waals surface area contributed by atoms with Crippen molar-refractivity contribution in [2.45, 2.75) is 44.2 Å². The maximum atomic E-state index is 5.46. The number of methoxy groups -OCH3 is 1. The van der Waals surface area contributed by atoms with Crippen molar-refractivity contribution in [1.82, 2.24) is 5.32 Å². The summed E-state index contributed by atoms with van der Waals surface area (Å²) in [6.07, 6.45) is 6.82. The van der Waals surface area contributed by atoms with E-state index >= 15 is 0 Å². The summed E-state index contributed by atoms with van der Waals surface area (Å²) in [5, 5.41) is 5.99. The summed E-state index contributed by atoms with van der Waals surface area (Å²) in [7, 11) is 1.85. The lowest BCUT2D eigenvalue weighted by Gasteiger charge is -2.36. The van der Waals surface area contributed by atoms with Crippen molar-refractivity contribution in [3.8, 4) is 0 Å². The van der Waals surface area contributed by atoms with Gasteiger partial charge >= 0.3 is 0 Å². The fourth-order valence-corrected chi connectivity index (χ4v) is 4.44. The Morgan fingerprint density at radius 2 is 2.12 bits per heavy atom. The van der Waals surface area contributed by atoms with Crippen molar-refractivity contribution in [3.05, 3.63) is 21.9 Å². The minimum atomic E-state index is 0.512. The normalized spacial score (nSPS) is 33.4. The highest BCUT2D eigenvalue weighted by atomic mass is 32.1. The van der Waals surface area contributed by atoms with Gasteiger partial charge in [0.15, 0.2) is 0 Å². The van der Waals surface area contributed by atoms with Crippen LogP contribution in [-0.4, -0.2) is 19.8 Å². The van der Waals surface area contributed by atoms with E-state index in [4.69, 9.17) is 4.74 Å². The Bertz CT molecular complexity index is 368. The van der Waals surface area contributed by atoms with Gasteiger partial charge in [0.2, 0.25) is 0 Å². The maximum Gasteiger partial charge on any atom is 0.0571 e. The lowest BCUT2D eigenvalue weighted by atomic mass is 9.80. The summed E-state index contributed by atoms with van der Waals surface area (Å²) in [6.45, 7) is 1.15. The van der Waals surface area contributed by atoms with E-state index in [1.165, 1.54) is 32.1 Å². The van der Waals surface area contributed by atoms with Crippen LogP contribution in [0.4, 0.5) is 0 Å². The van der Waals surface area contributed by atoms with Crippen LogP contribution >= 0.6 is 11.3 Å². The summed E-state index contributed by atoms with van der Waals surface area (Å²) in [4.78, 5) is 1.61. The van der Waals surface area contributed by atoms with Gasteiger partial charge in [0.1, 0.15) is 0 Å². The smallest absolute Gasteiger partial charge is 0.0571 e. The number of fused-ring (bicyclic) bond motifs is 1. The third kappa shape index (κ3) is 2.28. The molecule has 1 aromatic rings. The molecule has 3 heteroatoms. The van der Waals surface area contributed by atoms with Gasteiger partial charge in [-0.25, -0.2) is 0 Å².